The molecular weight excluding hydrogens is 332 g/mol. The van der Waals surface area contributed by atoms with E-state index in [-0.39, 0.29) is 30.7 Å². The van der Waals surface area contributed by atoms with Crippen molar-refractivity contribution >= 4 is 17.7 Å². The minimum atomic E-state index is -0.272. The number of hydrogen-bond acceptors (Lipinski definition) is 4. The third-order valence-electron chi connectivity index (χ3n) is 4.39. The minimum Gasteiger partial charge on any atom is -0.356 e. The van der Waals surface area contributed by atoms with Gasteiger partial charge in [0.2, 0.25) is 5.91 Å². The molecule has 0 fully saturated rings. The monoisotopic (exact) mass is 354 g/mol. The SMILES string of the molecule is Cc1ccc2c(c1)C(=O)N(CCCC(=O)NCCCn1ccnc1)C2=O. The molecule has 1 aliphatic heterocycles. The number of carbonyl (C=O) groups is 3. The fraction of sp³-hybridized carbons (Fsp3) is 0.368. The van der Waals surface area contributed by atoms with E-state index in [0.717, 1.165) is 18.5 Å². The van der Waals surface area contributed by atoms with Gasteiger partial charge in [-0.15, -0.1) is 0 Å². The Kier molecular flexibility index (Phi) is 5.46. The number of benzene rings is 1. The van der Waals surface area contributed by atoms with Crippen molar-refractivity contribution in [3.63, 3.8) is 0 Å². The lowest BCUT2D eigenvalue weighted by Gasteiger charge is -2.13. The van der Waals surface area contributed by atoms with Crippen molar-refractivity contribution in [2.45, 2.75) is 32.7 Å². The molecule has 0 aliphatic carbocycles. The zero-order valence-electron chi connectivity index (χ0n) is 14.8. The Bertz CT molecular complexity index is 814. The van der Waals surface area contributed by atoms with Gasteiger partial charge < -0.3 is 9.88 Å². The van der Waals surface area contributed by atoms with Gasteiger partial charge in [0.15, 0.2) is 0 Å². The Morgan fingerprint density at radius 3 is 2.69 bits per heavy atom. The van der Waals surface area contributed by atoms with Gasteiger partial charge in [0.25, 0.3) is 11.8 Å². The summed E-state index contributed by atoms with van der Waals surface area (Å²) in [6.45, 7) is 3.53. The van der Waals surface area contributed by atoms with Crippen molar-refractivity contribution in [2.75, 3.05) is 13.1 Å². The summed E-state index contributed by atoms with van der Waals surface area (Å²) in [5.74, 6) is -0.608. The molecular formula is C19H22N4O3. The standard InChI is InChI=1S/C19H22N4O3/c1-14-5-6-15-16(12-14)19(26)23(18(15)25)10-2-4-17(24)21-7-3-9-22-11-8-20-13-22/h5-6,8,11-13H,2-4,7,9-10H2,1H3,(H,21,24). The van der Waals surface area contributed by atoms with Gasteiger partial charge in [-0.25, -0.2) is 4.98 Å². The highest BCUT2D eigenvalue weighted by molar-refractivity contribution is 6.21. The summed E-state index contributed by atoms with van der Waals surface area (Å²) < 4.78 is 1.95. The largest absolute Gasteiger partial charge is 0.356 e. The summed E-state index contributed by atoms with van der Waals surface area (Å²) in [4.78, 5) is 41.8. The summed E-state index contributed by atoms with van der Waals surface area (Å²) in [5.41, 5.74) is 1.85. The number of nitrogens with one attached hydrogen (secondary N) is 1. The molecule has 0 saturated heterocycles. The van der Waals surface area contributed by atoms with Gasteiger partial charge in [0.05, 0.1) is 17.5 Å². The maximum Gasteiger partial charge on any atom is 0.261 e. The van der Waals surface area contributed by atoms with Gasteiger partial charge in [0.1, 0.15) is 0 Å². The molecule has 1 aliphatic rings. The fourth-order valence-corrected chi connectivity index (χ4v) is 3.00. The first kappa shape index (κ1) is 17.8. The number of imide groups is 1. The van der Waals surface area contributed by atoms with Crippen LogP contribution in [0.2, 0.25) is 0 Å². The van der Waals surface area contributed by atoms with E-state index in [9.17, 15) is 14.4 Å². The highest BCUT2D eigenvalue weighted by Crippen LogP contribution is 2.24. The number of aromatic nitrogens is 2. The van der Waals surface area contributed by atoms with Crippen molar-refractivity contribution in [3.05, 3.63) is 53.6 Å². The molecule has 0 saturated carbocycles. The summed E-state index contributed by atoms with van der Waals surface area (Å²) >= 11 is 0. The van der Waals surface area contributed by atoms with Crippen LogP contribution in [-0.4, -0.2) is 45.3 Å². The molecule has 3 amide bonds. The maximum atomic E-state index is 12.4. The highest BCUT2D eigenvalue weighted by atomic mass is 16.2. The van der Waals surface area contributed by atoms with E-state index in [1.807, 2.05) is 23.8 Å². The zero-order chi connectivity index (χ0) is 18.5. The molecule has 2 aromatic rings. The second kappa shape index (κ2) is 7.95. The number of hydrogen-bond donors (Lipinski definition) is 1. The normalized spacial score (nSPS) is 13.2. The summed E-state index contributed by atoms with van der Waals surface area (Å²) in [7, 11) is 0. The minimum absolute atomic E-state index is 0.0666. The molecule has 7 heteroatoms. The van der Waals surface area contributed by atoms with Gasteiger partial charge in [-0.1, -0.05) is 11.6 Å². The predicted octanol–water partition coefficient (Wildman–Crippen LogP) is 1.77. The van der Waals surface area contributed by atoms with Crippen LogP contribution in [0.15, 0.2) is 36.9 Å². The van der Waals surface area contributed by atoms with Crippen molar-refractivity contribution < 1.29 is 14.4 Å². The van der Waals surface area contributed by atoms with Crippen LogP contribution in [0, 0.1) is 6.92 Å². The number of aryl methyl sites for hydroxylation is 2. The topological polar surface area (TPSA) is 84.3 Å². The van der Waals surface area contributed by atoms with Crippen molar-refractivity contribution in [1.29, 1.82) is 0 Å². The van der Waals surface area contributed by atoms with E-state index in [4.69, 9.17) is 0 Å². The van der Waals surface area contributed by atoms with Crippen LogP contribution < -0.4 is 5.32 Å². The van der Waals surface area contributed by atoms with Crippen LogP contribution >= 0.6 is 0 Å². The van der Waals surface area contributed by atoms with E-state index < -0.39 is 0 Å². The second-order valence-corrected chi connectivity index (χ2v) is 6.42. The van der Waals surface area contributed by atoms with Gasteiger partial charge in [-0.05, 0) is 31.9 Å². The van der Waals surface area contributed by atoms with Crippen molar-refractivity contribution in [2.24, 2.45) is 0 Å². The molecule has 2 heterocycles. The molecule has 0 spiro atoms. The van der Waals surface area contributed by atoms with Crippen LogP contribution in [-0.2, 0) is 11.3 Å². The molecule has 0 unspecified atom stereocenters. The van der Waals surface area contributed by atoms with E-state index in [0.29, 0.717) is 24.1 Å². The van der Waals surface area contributed by atoms with Gasteiger partial charge in [-0.3, -0.25) is 19.3 Å². The van der Waals surface area contributed by atoms with Crippen LogP contribution in [0.1, 0.15) is 45.5 Å². The lowest BCUT2D eigenvalue weighted by molar-refractivity contribution is -0.121. The number of amides is 3. The Hall–Kier alpha value is -2.96. The second-order valence-electron chi connectivity index (χ2n) is 6.42. The molecule has 26 heavy (non-hydrogen) atoms. The van der Waals surface area contributed by atoms with Crippen LogP contribution in [0.4, 0.5) is 0 Å². The number of fused-ring (bicyclic) bond motifs is 1. The van der Waals surface area contributed by atoms with E-state index in [2.05, 4.69) is 10.3 Å². The van der Waals surface area contributed by atoms with Gasteiger partial charge >= 0.3 is 0 Å². The predicted molar refractivity (Wildman–Crippen MR) is 95.6 cm³/mol. The van der Waals surface area contributed by atoms with Gasteiger partial charge in [0, 0.05) is 38.4 Å². The van der Waals surface area contributed by atoms with E-state index in [1.54, 1.807) is 24.7 Å². The Labute approximate surface area is 152 Å². The van der Waals surface area contributed by atoms with Crippen LogP contribution in [0.25, 0.3) is 0 Å². The van der Waals surface area contributed by atoms with Crippen molar-refractivity contribution in [1.82, 2.24) is 19.8 Å². The summed E-state index contributed by atoms with van der Waals surface area (Å²) in [6.07, 6.45) is 6.91. The number of nitrogens with zero attached hydrogens (tertiary/aromatic N) is 3. The Morgan fingerprint density at radius 2 is 1.92 bits per heavy atom. The fourth-order valence-electron chi connectivity index (χ4n) is 3.00. The average molecular weight is 354 g/mol. The van der Waals surface area contributed by atoms with Crippen molar-refractivity contribution in [3.8, 4) is 0 Å². The summed E-state index contributed by atoms with van der Waals surface area (Å²) in [5, 5.41) is 2.86. The molecule has 3 rings (SSSR count). The molecule has 0 atom stereocenters. The van der Waals surface area contributed by atoms with Crippen LogP contribution in [0.5, 0.6) is 0 Å². The first-order valence-electron chi connectivity index (χ1n) is 8.75. The van der Waals surface area contributed by atoms with Crippen LogP contribution in [0.3, 0.4) is 0 Å². The third kappa shape index (κ3) is 3.99. The third-order valence-corrected chi connectivity index (χ3v) is 4.39. The molecule has 7 nitrogen and oxygen atoms in total. The molecule has 0 bridgehead atoms. The zero-order valence-corrected chi connectivity index (χ0v) is 14.8. The smallest absolute Gasteiger partial charge is 0.261 e. The van der Waals surface area contributed by atoms with E-state index >= 15 is 0 Å². The molecule has 136 valence electrons. The highest BCUT2D eigenvalue weighted by Gasteiger charge is 2.34. The molecule has 1 N–H and O–H groups in total. The number of rotatable bonds is 8. The van der Waals surface area contributed by atoms with E-state index in [1.165, 1.54) is 4.90 Å². The number of carbonyl (C=O) groups excluding carboxylic acids is 3. The quantitative estimate of drug-likeness (QED) is 0.578. The Morgan fingerprint density at radius 1 is 1.12 bits per heavy atom. The summed E-state index contributed by atoms with van der Waals surface area (Å²) in [6, 6.07) is 5.26. The lowest BCUT2D eigenvalue weighted by Crippen LogP contribution is -2.32. The lowest BCUT2D eigenvalue weighted by atomic mass is 10.1. The molecule has 1 aromatic heterocycles. The first-order valence-corrected chi connectivity index (χ1v) is 8.75. The Balaban J connectivity index is 1.39. The maximum absolute atomic E-state index is 12.4. The van der Waals surface area contributed by atoms with Gasteiger partial charge in [-0.2, -0.15) is 0 Å². The molecule has 0 radical (unpaired) electrons. The molecule has 1 aromatic carbocycles. The average Bonchev–Trinajstić information content (AvgIpc) is 3.21. The first-order chi connectivity index (χ1) is 12.6. The number of imidazole rings is 1.